The van der Waals surface area contributed by atoms with Gasteiger partial charge in [-0.2, -0.15) is 4.74 Å². The van der Waals surface area contributed by atoms with Gasteiger partial charge < -0.3 is 9.62 Å². The average molecular weight is 256 g/mol. The molecule has 0 fully saturated rings. The first-order valence-electron chi connectivity index (χ1n) is 5.19. The highest BCUT2D eigenvalue weighted by atomic mass is 16.6. The molecule has 0 unspecified atom stereocenters. The number of benzene rings is 1. The van der Waals surface area contributed by atoms with E-state index in [1.54, 1.807) is 24.3 Å². The van der Waals surface area contributed by atoms with Gasteiger partial charge in [0.2, 0.25) is 5.69 Å². The maximum absolute atomic E-state index is 10.9. The van der Waals surface area contributed by atoms with Gasteiger partial charge in [-0.1, -0.05) is 5.92 Å². The van der Waals surface area contributed by atoms with Crippen LogP contribution in [0.2, 0.25) is 0 Å². The van der Waals surface area contributed by atoms with Gasteiger partial charge >= 0.3 is 5.69 Å². The van der Waals surface area contributed by atoms with Crippen molar-refractivity contribution in [3.8, 4) is 11.8 Å². The molecule has 0 atom stereocenters. The van der Waals surface area contributed by atoms with Crippen molar-refractivity contribution in [2.24, 2.45) is 0 Å². The molecule has 1 aromatic carbocycles. The van der Waals surface area contributed by atoms with E-state index in [2.05, 4.69) is 18.6 Å². The fourth-order valence-electron chi connectivity index (χ4n) is 1.33. The number of furan rings is 1. The fraction of sp³-hybridized carbons (Fsp3) is 0. The Kier molecular flexibility index (Phi) is 3.30. The third-order valence-electron chi connectivity index (χ3n) is 2.28. The topological polar surface area (TPSA) is 82.3 Å². The largest absolute Gasteiger partial charge is 0.619 e. The molecule has 6 nitrogen and oxygen atoms in total. The van der Waals surface area contributed by atoms with Gasteiger partial charge in [-0.3, -0.25) is 10.1 Å². The minimum absolute atomic E-state index is 0.140. The molecule has 2 rings (SSSR count). The second-order valence-corrected chi connectivity index (χ2v) is 3.60. The van der Waals surface area contributed by atoms with Crippen molar-refractivity contribution in [2.45, 2.75) is 0 Å². The Morgan fingerprint density at radius 2 is 1.79 bits per heavy atom. The van der Waals surface area contributed by atoms with E-state index in [0.29, 0.717) is 16.0 Å². The molecule has 2 aromatic rings. The molecule has 0 bridgehead atoms. The summed E-state index contributed by atoms with van der Waals surface area (Å²) >= 11 is 0. The van der Waals surface area contributed by atoms with Crippen molar-refractivity contribution < 1.29 is 14.1 Å². The predicted octanol–water partition coefficient (Wildman–Crippen LogP) is 2.43. The van der Waals surface area contributed by atoms with Crippen LogP contribution in [0.1, 0.15) is 11.3 Å². The Balaban J connectivity index is 2.18. The highest BCUT2D eigenvalue weighted by Gasteiger charge is 2.09. The van der Waals surface area contributed by atoms with Crippen molar-refractivity contribution in [1.29, 1.82) is 0 Å². The van der Waals surface area contributed by atoms with Gasteiger partial charge in [-0.15, -0.1) is 0 Å². The summed E-state index contributed by atoms with van der Waals surface area (Å²) in [7, 11) is 0. The first-order valence-corrected chi connectivity index (χ1v) is 5.19. The van der Waals surface area contributed by atoms with Gasteiger partial charge in [-0.05, 0) is 18.1 Å². The Bertz CT molecular complexity index is 689. The molecular weight excluding hydrogens is 248 g/mol. The van der Waals surface area contributed by atoms with E-state index in [1.165, 1.54) is 6.07 Å². The van der Waals surface area contributed by atoms with Crippen LogP contribution in [0.25, 0.3) is 0 Å². The van der Waals surface area contributed by atoms with Gasteiger partial charge in [0.1, 0.15) is 6.72 Å². The normalized spacial score (nSPS) is 9.47. The van der Waals surface area contributed by atoms with E-state index in [9.17, 15) is 15.3 Å². The van der Waals surface area contributed by atoms with E-state index in [0.717, 1.165) is 6.26 Å². The maximum atomic E-state index is 10.9. The van der Waals surface area contributed by atoms with Gasteiger partial charge in [0, 0.05) is 17.7 Å². The van der Waals surface area contributed by atoms with Crippen LogP contribution >= 0.6 is 0 Å². The molecule has 0 aliphatic heterocycles. The molecule has 6 heteroatoms. The number of nitro groups is 1. The van der Waals surface area contributed by atoms with Crippen LogP contribution in [0.4, 0.5) is 11.4 Å². The second kappa shape index (κ2) is 5.06. The summed E-state index contributed by atoms with van der Waals surface area (Å²) in [6.45, 7) is 3.21. The third-order valence-corrected chi connectivity index (χ3v) is 2.28. The average Bonchev–Trinajstić information content (AvgIpc) is 2.86. The standard InChI is InChI=1S/C13H8N2O4/c1-14(16)11-5-2-10(3-6-11)4-7-13-8-12(9-19-13)15(17)18/h2-3,5-6,8-9H,1H2. The Labute approximate surface area is 108 Å². The van der Waals surface area contributed by atoms with Gasteiger partial charge in [0.25, 0.3) is 0 Å². The van der Waals surface area contributed by atoms with E-state index < -0.39 is 4.92 Å². The van der Waals surface area contributed by atoms with E-state index in [-0.39, 0.29) is 11.4 Å². The lowest BCUT2D eigenvalue weighted by atomic mass is 10.2. The van der Waals surface area contributed by atoms with Crippen LogP contribution in [-0.4, -0.2) is 16.4 Å². The van der Waals surface area contributed by atoms with Gasteiger partial charge in [0.05, 0.1) is 11.0 Å². The lowest BCUT2D eigenvalue weighted by Crippen LogP contribution is -1.88. The highest BCUT2D eigenvalue weighted by Crippen LogP contribution is 2.15. The molecule has 0 saturated carbocycles. The molecule has 0 amide bonds. The SMILES string of the molecule is C=[N+]([O-])c1ccc(C#Cc2cc([N+](=O)[O-])co2)cc1. The summed E-state index contributed by atoms with van der Waals surface area (Å²) < 4.78 is 5.42. The van der Waals surface area contributed by atoms with Crippen LogP contribution in [0.15, 0.2) is 41.0 Å². The summed E-state index contributed by atoms with van der Waals surface area (Å²) in [6, 6.07) is 7.70. The van der Waals surface area contributed by atoms with E-state index >= 15 is 0 Å². The summed E-state index contributed by atoms with van der Waals surface area (Å²) in [5.74, 6) is 5.64. The molecule has 1 heterocycles. The molecular formula is C13H8N2O4. The zero-order chi connectivity index (χ0) is 13.8. The summed E-state index contributed by atoms with van der Waals surface area (Å²) in [4.78, 5) is 9.89. The molecule has 0 saturated heterocycles. The molecule has 0 aliphatic carbocycles. The van der Waals surface area contributed by atoms with Gasteiger partial charge in [-0.25, -0.2) is 0 Å². The Morgan fingerprint density at radius 3 is 2.32 bits per heavy atom. The van der Waals surface area contributed by atoms with Crippen molar-refractivity contribution in [2.75, 3.05) is 0 Å². The highest BCUT2D eigenvalue weighted by molar-refractivity contribution is 5.45. The molecule has 0 N–H and O–H groups in total. The predicted molar refractivity (Wildman–Crippen MR) is 68.2 cm³/mol. The number of rotatable bonds is 2. The molecule has 0 spiro atoms. The molecule has 19 heavy (non-hydrogen) atoms. The van der Waals surface area contributed by atoms with Crippen molar-refractivity contribution in [3.05, 3.63) is 63.2 Å². The van der Waals surface area contributed by atoms with Crippen LogP contribution in [0.3, 0.4) is 0 Å². The lowest BCUT2D eigenvalue weighted by molar-refractivity contribution is -0.385. The minimum Gasteiger partial charge on any atom is -0.619 e. The van der Waals surface area contributed by atoms with Crippen molar-refractivity contribution in [1.82, 2.24) is 0 Å². The smallest absolute Gasteiger partial charge is 0.308 e. The number of hydrogen-bond donors (Lipinski definition) is 0. The van der Waals surface area contributed by atoms with Crippen LogP contribution in [-0.2, 0) is 0 Å². The van der Waals surface area contributed by atoms with Crippen molar-refractivity contribution in [3.63, 3.8) is 0 Å². The molecule has 0 aliphatic rings. The molecule has 94 valence electrons. The first-order chi connectivity index (χ1) is 9.06. The molecule has 0 radical (unpaired) electrons. The monoisotopic (exact) mass is 256 g/mol. The second-order valence-electron chi connectivity index (χ2n) is 3.60. The van der Waals surface area contributed by atoms with Crippen LogP contribution in [0.5, 0.6) is 0 Å². The fourth-order valence-corrected chi connectivity index (χ4v) is 1.33. The Morgan fingerprint density at radius 1 is 1.11 bits per heavy atom. The quantitative estimate of drug-likeness (QED) is 0.206. The Hall–Kier alpha value is -3.07. The number of nitrogens with zero attached hydrogens (tertiary/aromatic N) is 2. The summed E-state index contributed by atoms with van der Waals surface area (Å²) in [5, 5.41) is 21.3. The van der Waals surface area contributed by atoms with Crippen molar-refractivity contribution >= 4 is 18.1 Å². The third kappa shape index (κ3) is 2.98. The maximum Gasteiger partial charge on any atom is 0.308 e. The van der Waals surface area contributed by atoms with E-state index in [4.69, 9.17) is 4.42 Å². The lowest BCUT2D eigenvalue weighted by Gasteiger charge is -1.98. The number of hydrogen-bond acceptors (Lipinski definition) is 4. The first kappa shape index (κ1) is 12.4. The minimum atomic E-state index is -0.555. The van der Waals surface area contributed by atoms with Crippen LogP contribution in [0, 0.1) is 27.2 Å². The van der Waals surface area contributed by atoms with Gasteiger partial charge in [0.15, 0.2) is 12.0 Å². The summed E-state index contributed by atoms with van der Waals surface area (Å²) in [6.07, 6.45) is 1.03. The zero-order valence-electron chi connectivity index (χ0n) is 9.70. The molecule has 1 aromatic heterocycles. The zero-order valence-corrected chi connectivity index (χ0v) is 9.70. The van der Waals surface area contributed by atoms with Crippen LogP contribution < -0.4 is 0 Å². The summed E-state index contributed by atoms with van der Waals surface area (Å²) in [5.41, 5.74) is 0.933. The van der Waals surface area contributed by atoms with E-state index in [1.807, 2.05) is 0 Å².